The lowest BCUT2D eigenvalue weighted by Crippen LogP contribution is -2.00. The lowest BCUT2D eigenvalue weighted by molar-refractivity contribution is 0.0994. The van der Waals surface area contributed by atoms with Gasteiger partial charge in [-0.1, -0.05) is 30.3 Å². The third kappa shape index (κ3) is 3.28. The average Bonchev–Trinajstić information content (AvgIpc) is 2.93. The van der Waals surface area contributed by atoms with Crippen molar-refractivity contribution in [3.8, 4) is 0 Å². The second-order valence-electron chi connectivity index (χ2n) is 4.81. The number of rotatable bonds is 5. The van der Waals surface area contributed by atoms with E-state index in [0.717, 1.165) is 28.0 Å². The van der Waals surface area contributed by atoms with Gasteiger partial charge in [0.25, 0.3) is 0 Å². The summed E-state index contributed by atoms with van der Waals surface area (Å²) in [6.45, 7) is 0. The van der Waals surface area contributed by atoms with Gasteiger partial charge in [-0.25, -0.2) is 0 Å². The van der Waals surface area contributed by atoms with Crippen molar-refractivity contribution in [1.82, 2.24) is 0 Å². The molecule has 0 atom stereocenters. The van der Waals surface area contributed by atoms with E-state index >= 15 is 0 Å². The van der Waals surface area contributed by atoms with Gasteiger partial charge in [-0.15, -0.1) is 11.8 Å². The second-order valence-corrected chi connectivity index (χ2v) is 5.79. The van der Waals surface area contributed by atoms with Crippen LogP contribution in [0.25, 0.3) is 11.0 Å². The molecule has 0 aliphatic heterocycles. The summed E-state index contributed by atoms with van der Waals surface area (Å²) in [5, 5.41) is 0.962. The molecule has 0 radical (unpaired) electrons. The van der Waals surface area contributed by atoms with Gasteiger partial charge in [-0.2, -0.15) is 0 Å². The molecule has 0 amide bonds. The highest BCUT2D eigenvalue weighted by molar-refractivity contribution is 7.99. The van der Waals surface area contributed by atoms with Crippen molar-refractivity contribution in [1.29, 1.82) is 0 Å². The Morgan fingerprint density at radius 2 is 1.86 bits per heavy atom. The lowest BCUT2D eigenvalue weighted by atomic mass is 10.2. The van der Waals surface area contributed by atoms with Gasteiger partial charge < -0.3 is 10.2 Å². The molecule has 106 valence electrons. The number of Topliss-reactive ketones (excluding diaryl/α,β-unsaturated/α-hetero) is 1. The predicted octanol–water partition coefficient (Wildman–Crippen LogP) is 4.13. The lowest BCUT2D eigenvalue weighted by Gasteiger charge is -2.01. The Morgan fingerprint density at radius 1 is 1.10 bits per heavy atom. The van der Waals surface area contributed by atoms with Crippen molar-refractivity contribution < 1.29 is 9.21 Å². The first-order valence-electron chi connectivity index (χ1n) is 6.66. The van der Waals surface area contributed by atoms with E-state index in [2.05, 4.69) is 0 Å². The maximum absolute atomic E-state index is 12.1. The smallest absolute Gasteiger partial charge is 0.207 e. The van der Waals surface area contributed by atoms with Gasteiger partial charge in [0.15, 0.2) is 5.76 Å². The Morgan fingerprint density at radius 3 is 2.62 bits per heavy atom. The van der Waals surface area contributed by atoms with E-state index in [0.29, 0.717) is 11.5 Å². The molecular weight excluding hydrogens is 282 g/mol. The summed E-state index contributed by atoms with van der Waals surface area (Å²) in [6.07, 6.45) is 0. The number of carbonyl (C=O) groups is 1. The number of nitrogen functional groups attached to an aromatic ring is 1. The Bertz CT molecular complexity index is 729. The summed E-state index contributed by atoms with van der Waals surface area (Å²) in [5.74, 6) is 1.64. The summed E-state index contributed by atoms with van der Waals surface area (Å²) < 4.78 is 5.57. The molecule has 0 unspecified atom stereocenters. The zero-order chi connectivity index (χ0) is 14.7. The van der Waals surface area contributed by atoms with Gasteiger partial charge in [0.1, 0.15) is 5.58 Å². The van der Waals surface area contributed by atoms with E-state index in [1.165, 1.54) is 0 Å². The van der Waals surface area contributed by atoms with Crippen molar-refractivity contribution in [3.63, 3.8) is 0 Å². The maximum atomic E-state index is 12.1. The number of fused-ring (bicyclic) bond motifs is 1. The molecule has 0 aliphatic rings. The number of furan rings is 1. The van der Waals surface area contributed by atoms with Gasteiger partial charge in [0, 0.05) is 16.8 Å². The van der Waals surface area contributed by atoms with Crippen LogP contribution in [0.3, 0.4) is 0 Å². The Hall–Kier alpha value is -2.20. The van der Waals surface area contributed by atoms with Crippen molar-refractivity contribution in [2.75, 3.05) is 11.5 Å². The van der Waals surface area contributed by atoms with E-state index in [4.69, 9.17) is 10.2 Å². The largest absolute Gasteiger partial charge is 0.453 e. The van der Waals surface area contributed by atoms with Crippen LogP contribution in [0.5, 0.6) is 0 Å². The van der Waals surface area contributed by atoms with Crippen LogP contribution < -0.4 is 5.73 Å². The SMILES string of the molecule is Nc1ccc(CSCC(=O)c2cc3ccccc3o2)cc1. The molecule has 0 fully saturated rings. The molecule has 2 N–H and O–H groups in total. The third-order valence-corrected chi connectivity index (χ3v) is 4.19. The number of anilines is 1. The average molecular weight is 297 g/mol. The number of benzene rings is 2. The number of ketones is 1. The molecule has 1 aromatic heterocycles. The molecule has 1 heterocycles. The molecule has 4 heteroatoms. The molecule has 0 spiro atoms. The minimum absolute atomic E-state index is 0.0200. The van der Waals surface area contributed by atoms with Crippen LogP contribution >= 0.6 is 11.8 Å². The van der Waals surface area contributed by atoms with Gasteiger partial charge in [0.05, 0.1) is 5.75 Å². The maximum Gasteiger partial charge on any atom is 0.207 e. The van der Waals surface area contributed by atoms with Crippen LogP contribution in [0, 0.1) is 0 Å². The summed E-state index contributed by atoms with van der Waals surface area (Å²) in [5.41, 5.74) is 8.31. The van der Waals surface area contributed by atoms with Crippen molar-refractivity contribution >= 4 is 34.2 Å². The standard InChI is InChI=1S/C17H15NO2S/c18-14-7-5-12(6-8-14)10-21-11-15(19)17-9-13-3-1-2-4-16(13)20-17/h1-9H,10-11,18H2. The van der Waals surface area contributed by atoms with Crippen molar-refractivity contribution in [3.05, 3.63) is 65.9 Å². The first-order valence-corrected chi connectivity index (χ1v) is 7.82. The van der Waals surface area contributed by atoms with Crippen LogP contribution in [0.15, 0.2) is 59.0 Å². The molecule has 0 saturated heterocycles. The second kappa shape index (κ2) is 6.06. The minimum Gasteiger partial charge on any atom is -0.453 e. The number of carbonyl (C=O) groups excluding carboxylic acids is 1. The minimum atomic E-state index is 0.0200. The van der Waals surface area contributed by atoms with Crippen LogP contribution in [0.1, 0.15) is 16.1 Å². The highest BCUT2D eigenvalue weighted by atomic mass is 32.2. The van der Waals surface area contributed by atoms with E-state index < -0.39 is 0 Å². The van der Waals surface area contributed by atoms with Crippen LogP contribution in [0.4, 0.5) is 5.69 Å². The summed E-state index contributed by atoms with van der Waals surface area (Å²) in [7, 11) is 0. The van der Waals surface area contributed by atoms with Gasteiger partial charge >= 0.3 is 0 Å². The number of para-hydroxylation sites is 1. The van der Waals surface area contributed by atoms with E-state index in [9.17, 15) is 4.79 Å². The first kappa shape index (κ1) is 13.8. The van der Waals surface area contributed by atoms with Gasteiger partial charge in [-0.3, -0.25) is 4.79 Å². The molecule has 3 rings (SSSR count). The number of nitrogens with two attached hydrogens (primary N) is 1. The summed E-state index contributed by atoms with van der Waals surface area (Å²) in [6, 6.07) is 17.2. The zero-order valence-electron chi connectivity index (χ0n) is 11.4. The Labute approximate surface area is 127 Å². The highest BCUT2D eigenvalue weighted by Gasteiger charge is 2.12. The van der Waals surface area contributed by atoms with Crippen LogP contribution in [0.2, 0.25) is 0 Å². The third-order valence-electron chi connectivity index (χ3n) is 3.18. The van der Waals surface area contributed by atoms with E-state index in [1.54, 1.807) is 17.8 Å². The molecule has 0 aliphatic carbocycles. The van der Waals surface area contributed by atoms with Crippen LogP contribution in [-0.4, -0.2) is 11.5 Å². The Balaban J connectivity index is 1.60. The first-order chi connectivity index (χ1) is 10.2. The summed E-state index contributed by atoms with van der Waals surface area (Å²) in [4.78, 5) is 12.1. The molecular formula is C17H15NO2S. The van der Waals surface area contributed by atoms with Crippen molar-refractivity contribution in [2.24, 2.45) is 0 Å². The molecule has 21 heavy (non-hydrogen) atoms. The molecule has 3 nitrogen and oxygen atoms in total. The highest BCUT2D eigenvalue weighted by Crippen LogP contribution is 2.21. The van der Waals surface area contributed by atoms with E-state index in [-0.39, 0.29) is 5.78 Å². The molecule has 0 saturated carbocycles. The van der Waals surface area contributed by atoms with E-state index in [1.807, 2.05) is 48.5 Å². The predicted molar refractivity (Wildman–Crippen MR) is 87.6 cm³/mol. The normalized spacial score (nSPS) is 10.9. The fraction of sp³-hybridized carbons (Fsp3) is 0.118. The van der Waals surface area contributed by atoms with Gasteiger partial charge in [-0.05, 0) is 29.8 Å². The van der Waals surface area contributed by atoms with Crippen LogP contribution in [-0.2, 0) is 5.75 Å². The summed E-state index contributed by atoms with van der Waals surface area (Å²) >= 11 is 1.57. The Kier molecular flexibility index (Phi) is 3.97. The fourth-order valence-electron chi connectivity index (χ4n) is 2.07. The van der Waals surface area contributed by atoms with Gasteiger partial charge in [0.2, 0.25) is 5.78 Å². The topological polar surface area (TPSA) is 56.2 Å². The molecule has 0 bridgehead atoms. The zero-order valence-corrected chi connectivity index (χ0v) is 12.2. The number of thioether (sulfide) groups is 1. The van der Waals surface area contributed by atoms with Crippen molar-refractivity contribution in [2.45, 2.75) is 5.75 Å². The number of hydrogen-bond donors (Lipinski definition) is 1. The number of hydrogen-bond acceptors (Lipinski definition) is 4. The quantitative estimate of drug-likeness (QED) is 0.568. The monoisotopic (exact) mass is 297 g/mol. The molecule has 2 aromatic carbocycles. The fourth-order valence-corrected chi connectivity index (χ4v) is 2.92. The molecule has 3 aromatic rings.